The summed E-state index contributed by atoms with van der Waals surface area (Å²) >= 11 is 1.57. The van der Waals surface area contributed by atoms with E-state index in [1.807, 2.05) is 0 Å². The van der Waals surface area contributed by atoms with Gasteiger partial charge in [0.2, 0.25) is 0 Å². The molecule has 4 heteroatoms. The van der Waals surface area contributed by atoms with Crippen LogP contribution in [0.1, 0.15) is 42.5 Å². The van der Waals surface area contributed by atoms with Crippen molar-refractivity contribution < 1.29 is 9.90 Å². The van der Waals surface area contributed by atoms with Crippen molar-refractivity contribution in [3.8, 4) is 0 Å². The monoisotopic (exact) mass is 225 g/mol. The lowest BCUT2D eigenvalue weighted by atomic mass is 10.1. The van der Waals surface area contributed by atoms with Crippen LogP contribution in [0, 0.1) is 0 Å². The van der Waals surface area contributed by atoms with Crippen molar-refractivity contribution in [2.75, 3.05) is 0 Å². The Morgan fingerprint density at radius 2 is 2.27 bits per heavy atom. The first-order valence-corrected chi connectivity index (χ1v) is 5.85. The molecule has 0 amide bonds. The van der Waals surface area contributed by atoms with Gasteiger partial charge in [-0.3, -0.25) is 0 Å². The number of carboxylic acids is 1. The maximum absolute atomic E-state index is 10.3. The van der Waals surface area contributed by atoms with Crippen LogP contribution >= 0.6 is 11.3 Å². The van der Waals surface area contributed by atoms with Gasteiger partial charge >= 0.3 is 5.97 Å². The normalized spacial score (nSPS) is 11.4. The Morgan fingerprint density at radius 3 is 2.80 bits per heavy atom. The summed E-state index contributed by atoms with van der Waals surface area (Å²) in [6.45, 7) is 4.28. The molecule has 1 aromatic heterocycles. The largest absolute Gasteiger partial charge is 0.478 e. The predicted molar refractivity (Wildman–Crippen MR) is 62.1 cm³/mol. The molecule has 0 spiro atoms. The number of carboxylic acid groups (broad SMARTS) is 1. The Kier molecular flexibility index (Phi) is 4.49. The number of nitrogens with zero attached hydrogens (tertiary/aromatic N) is 1. The van der Waals surface area contributed by atoms with Crippen LogP contribution in [0.2, 0.25) is 0 Å². The summed E-state index contributed by atoms with van der Waals surface area (Å²) in [6, 6.07) is 0. The standard InChI is InChI=1S/C11H15NO2S/c1-3-8(4-2)11-12-7-9(15-11)5-6-10(13)14/h5-8H,3-4H2,1-2H3,(H,13,14)/b6-5+. The highest BCUT2D eigenvalue weighted by Crippen LogP contribution is 2.27. The van der Waals surface area contributed by atoms with Gasteiger partial charge < -0.3 is 5.11 Å². The topological polar surface area (TPSA) is 50.2 Å². The van der Waals surface area contributed by atoms with Gasteiger partial charge in [-0.1, -0.05) is 13.8 Å². The van der Waals surface area contributed by atoms with Gasteiger partial charge in [-0.25, -0.2) is 9.78 Å². The molecular weight excluding hydrogens is 210 g/mol. The van der Waals surface area contributed by atoms with Crippen LogP contribution in [0.4, 0.5) is 0 Å². The van der Waals surface area contributed by atoms with Gasteiger partial charge in [0.05, 0.1) is 5.01 Å². The Balaban J connectivity index is 2.75. The van der Waals surface area contributed by atoms with E-state index in [1.165, 1.54) is 0 Å². The van der Waals surface area contributed by atoms with Gasteiger partial charge in [-0.15, -0.1) is 11.3 Å². The molecule has 1 aromatic rings. The predicted octanol–water partition coefficient (Wildman–Crippen LogP) is 3.14. The van der Waals surface area contributed by atoms with Gasteiger partial charge in [0.1, 0.15) is 0 Å². The van der Waals surface area contributed by atoms with Crippen molar-refractivity contribution in [3.63, 3.8) is 0 Å². The maximum Gasteiger partial charge on any atom is 0.328 e. The fourth-order valence-electron chi connectivity index (χ4n) is 1.36. The lowest BCUT2D eigenvalue weighted by Crippen LogP contribution is -1.92. The number of aromatic nitrogens is 1. The van der Waals surface area contributed by atoms with E-state index in [1.54, 1.807) is 23.6 Å². The van der Waals surface area contributed by atoms with Crippen LogP contribution in [0.3, 0.4) is 0 Å². The quantitative estimate of drug-likeness (QED) is 0.783. The minimum absolute atomic E-state index is 0.502. The number of carbonyl (C=O) groups is 1. The van der Waals surface area contributed by atoms with Crippen LogP contribution in [-0.4, -0.2) is 16.1 Å². The summed E-state index contributed by atoms with van der Waals surface area (Å²) in [4.78, 5) is 15.5. The summed E-state index contributed by atoms with van der Waals surface area (Å²) in [5.74, 6) is -0.422. The number of aliphatic carboxylic acids is 1. The Labute approximate surface area is 93.5 Å². The Hall–Kier alpha value is -1.16. The van der Waals surface area contributed by atoms with Gasteiger partial charge in [0, 0.05) is 23.1 Å². The van der Waals surface area contributed by atoms with Crippen LogP contribution in [0.15, 0.2) is 12.3 Å². The molecule has 1 rings (SSSR count). The minimum Gasteiger partial charge on any atom is -0.478 e. The number of rotatable bonds is 5. The van der Waals surface area contributed by atoms with E-state index in [4.69, 9.17) is 5.11 Å². The van der Waals surface area contributed by atoms with E-state index in [-0.39, 0.29) is 0 Å². The van der Waals surface area contributed by atoms with Crippen molar-refractivity contribution in [1.82, 2.24) is 4.98 Å². The zero-order chi connectivity index (χ0) is 11.3. The van der Waals surface area contributed by atoms with Crippen molar-refractivity contribution in [1.29, 1.82) is 0 Å². The average molecular weight is 225 g/mol. The van der Waals surface area contributed by atoms with E-state index < -0.39 is 5.97 Å². The van der Waals surface area contributed by atoms with Crippen molar-refractivity contribution in [2.24, 2.45) is 0 Å². The zero-order valence-corrected chi connectivity index (χ0v) is 9.75. The van der Waals surface area contributed by atoms with Crippen LogP contribution in [-0.2, 0) is 4.79 Å². The molecule has 0 aliphatic heterocycles. The molecule has 82 valence electrons. The van der Waals surface area contributed by atoms with Crippen molar-refractivity contribution in [2.45, 2.75) is 32.6 Å². The summed E-state index contributed by atoms with van der Waals surface area (Å²) in [5, 5.41) is 9.58. The second-order valence-electron chi connectivity index (χ2n) is 3.29. The molecule has 0 saturated carbocycles. The third-order valence-electron chi connectivity index (χ3n) is 2.27. The molecule has 0 aliphatic carbocycles. The smallest absolute Gasteiger partial charge is 0.328 e. The zero-order valence-electron chi connectivity index (χ0n) is 8.93. The molecule has 1 heterocycles. The third-order valence-corrected chi connectivity index (χ3v) is 3.39. The first-order valence-electron chi connectivity index (χ1n) is 5.04. The van der Waals surface area contributed by atoms with Crippen LogP contribution in [0.5, 0.6) is 0 Å². The van der Waals surface area contributed by atoms with Crippen LogP contribution < -0.4 is 0 Å². The number of thiazole rings is 1. The molecule has 0 radical (unpaired) electrons. The molecule has 0 atom stereocenters. The third kappa shape index (κ3) is 3.47. The maximum atomic E-state index is 10.3. The fraction of sp³-hybridized carbons (Fsp3) is 0.455. The lowest BCUT2D eigenvalue weighted by Gasteiger charge is -2.06. The Bertz CT molecular complexity index is 353. The van der Waals surface area contributed by atoms with Gasteiger partial charge in [-0.2, -0.15) is 0 Å². The minimum atomic E-state index is -0.924. The first kappa shape index (κ1) is 11.9. The SMILES string of the molecule is CCC(CC)c1ncc(/C=C/C(=O)O)s1. The average Bonchev–Trinajstić information content (AvgIpc) is 2.65. The number of hydrogen-bond donors (Lipinski definition) is 1. The molecule has 0 aliphatic rings. The van der Waals surface area contributed by atoms with Gasteiger partial charge in [0.15, 0.2) is 0 Å². The van der Waals surface area contributed by atoms with E-state index in [0.717, 1.165) is 28.8 Å². The summed E-state index contributed by atoms with van der Waals surface area (Å²) < 4.78 is 0. The lowest BCUT2D eigenvalue weighted by molar-refractivity contribution is -0.131. The summed E-state index contributed by atoms with van der Waals surface area (Å²) in [7, 11) is 0. The highest BCUT2D eigenvalue weighted by atomic mass is 32.1. The van der Waals surface area contributed by atoms with E-state index >= 15 is 0 Å². The van der Waals surface area contributed by atoms with Gasteiger partial charge in [0.25, 0.3) is 0 Å². The molecule has 1 N–H and O–H groups in total. The second-order valence-corrected chi connectivity index (χ2v) is 4.38. The fourth-order valence-corrected chi connectivity index (χ4v) is 2.45. The Morgan fingerprint density at radius 1 is 1.60 bits per heavy atom. The van der Waals surface area contributed by atoms with Crippen molar-refractivity contribution >= 4 is 23.4 Å². The van der Waals surface area contributed by atoms with Crippen LogP contribution in [0.25, 0.3) is 6.08 Å². The molecule has 3 nitrogen and oxygen atoms in total. The summed E-state index contributed by atoms with van der Waals surface area (Å²) in [5.41, 5.74) is 0. The van der Waals surface area contributed by atoms with E-state index in [0.29, 0.717) is 5.92 Å². The molecule has 0 unspecified atom stereocenters. The number of hydrogen-bond acceptors (Lipinski definition) is 3. The first-order chi connectivity index (χ1) is 7.17. The van der Waals surface area contributed by atoms with E-state index in [9.17, 15) is 4.79 Å². The second kappa shape index (κ2) is 5.66. The molecule has 15 heavy (non-hydrogen) atoms. The molecule has 0 bridgehead atoms. The van der Waals surface area contributed by atoms with E-state index in [2.05, 4.69) is 18.8 Å². The van der Waals surface area contributed by atoms with Crippen molar-refractivity contribution in [3.05, 3.63) is 22.2 Å². The summed E-state index contributed by atoms with van der Waals surface area (Å²) in [6.07, 6.45) is 6.62. The molecule has 0 fully saturated rings. The molecule has 0 saturated heterocycles. The highest BCUT2D eigenvalue weighted by molar-refractivity contribution is 7.12. The molecular formula is C11H15NO2S. The highest BCUT2D eigenvalue weighted by Gasteiger charge is 2.10. The molecule has 0 aromatic carbocycles. The van der Waals surface area contributed by atoms with Gasteiger partial charge in [-0.05, 0) is 18.9 Å².